The summed E-state index contributed by atoms with van der Waals surface area (Å²) in [6, 6.07) is 145. The van der Waals surface area contributed by atoms with Gasteiger partial charge in [0, 0.05) is 54.5 Å². The van der Waals surface area contributed by atoms with Gasteiger partial charge >= 0.3 is 0 Å². The van der Waals surface area contributed by atoms with Crippen molar-refractivity contribution in [3.63, 3.8) is 0 Å². The van der Waals surface area contributed by atoms with Gasteiger partial charge in [0.15, 0.2) is 0 Å². The molecular formula is C104H64BNO2S. The van der Waals surface area contributed by atoms with Crippen molar-refractivity contribution in [2.24, 2.45) is 0 Å². The molecule has 17 aromatic rings. The number of hydrogen-bond acceptors (Lipinski definition) is 4. The Balaban J connectivity index is 0.838. The Morgan fingerprint density at radius 1 is 0.220 bits per heavy atom. The third-order valence-corrected chi connectivity index (χ3v) is 25.2. The number of ether oxygens (including phenoxy) is 2. The molecule has 5 heteroatoms. The highest BCUT2D eigenvalue weighted by Gasteiger charge is 2.54. The van der Waals surface area contributed by atoms with E-state index in [1.807, 2.05) is 11.8 Å². The van der Waals surface area contributed by atoms with Gasteiger partial charge in [0.25, 0.3) is 0 Å². The molecule has 506 valence electrons. The van der Waals surface area contributed by atoms with Gasteiger partial charge in [0.05, 0.1) is 16.5 Å². The topological polar surface area (TPSA) is 21.7 Å². The minimum atomic E-state index is -0.717. The van der Waals surface area contributed by atoms with Crippen molar-refractivity contribution in [3.8, 4) is 123 Å². The lowest BCUT2D eigenvalue weighted by molar-refractivity contribution is 0.436. The van der Waals surface area contributed by atoms with E-state index < -0.39 is 10.8 Å². The summed E-state index contributed by atoms with van der Waals surface area (Å²) in [4.78, 5) is 5.16. The number of nitrogens with zero attached hydrogens (tertiary/aromatic N) is 1. The molecule has 0 aromatic heterocycles. The predicted octanol–water partition coefficient (Wildman–Crippen LogP) is 25.1. The molecule has 0 unspecified atom stereocenters. The molecule has 0 saturated carbocycles. The number of benzene rings is 17. The van der Waals surface area contributed by atoms with E-state index in [-0.39, 0.29) is 6.71 Å². The van der Waals surface area contributed by atoms with E-state index in [1.54, 1.807) is 0 Å². The van der Waals surface area contributed by atoms with Gasteiger partial charge in [0.2, 0.25) is 6.71 Å². The quantitative estimate of drug-likeness (QED) is 0.141. The minimum absolute atomic E-state index is 0.194. The maximum absolute atomic E-state index is 7.25. The summed E-state index contributed by atoms with van der Waals surface area (Å²) in [5, 5.41) is 0. The molecule has 2 spiro atoms. The lowest BCUT2D eigenvalue weighted by Gasteiger charge is -2.43. The zero-order valence-corrected chi connectivity index (χ0v) is 60.0. The molecule has 0 atom stereocenters. The second kappa shape index (κ2) is 24.0. The Labute approximate surface area is 638 Å². The molecular weight excluding hydrogens is 1340 g/mol. The van der Waals surface area contributed by atoms with Crippen molar-refractivity contribution < 1.29 is 9.47 Å². The second-order valence-electron chi connectivity index (χ2n) is 29.5. The maximum atomic E-state index is 7.25. The largest absolute Gasteiger partial charge is 0.457 e. The van der Waals surface area contributed by atoms with Crippen LogP contribution in [0, 0.1) is 0 Å². The van der Waals surface area contributed by atoms with Crippen LogP contribution in [-0.4, -0.2) is 6.71 Å². The highest BCUT2D eigenvalue weighted by atomic mass is 32.2. The molecule has 2 aliphatic carbocycles. The van der Waals surface area contributed by atoms with Gasteiger partial charge in [-0.2, -0.15) is 0 Å². The van der Waals surface area contributed by atoms with Gasteiger partial charge in [-0.05, 0) is 183 Å². The summed E-state index contributed by atoms with van der Waals surface area (Å²) in [5.74, 6) is 3.40. The monoisotopic (exact) mass is 1400 g/mol. The summed E-state index contributed by atoms with van der Waals surface area (Å²) in [7, 11) is 0. The van der Waals surface area contributed by atoms with E-state index in [4.69, 9.17) is 9.47 Å². The molecule has 0 bridgehead atoms. The third kappa shape index (κ3) is 8.97. The third-order valence-electron chi connectivity index (χ3n) is 24.1. The van der Waals surface area contributed by atoms with Gasteiger partial charge in [0.1, 0.15) is 23.0 Å². The van der Waals surface area contributed by atoms with Crippen molar-refractivity contribution in [3.05, 3.63) is 433 Å². The van der Waals surface area contributed by atoms with Gasteiger partial charge in [-0.1, -0.05) is 345 Å². The van der Waals surface area contributed by atoms with E-state index in [1.165, 1.54) is 104 Å². The van der Waals surface area contributed by atoms with Crippen molar-refractivity contribution in [2.75, 3.05) is 4.90 Å². The van der Waals surface area contributed by atoms with Crippen LogP contribution in [0.1, 0.15) is 44.5 Å². The van der Waals surface area contributed by atoms with Crippen LogP contribution in [0.2, 0.25) is 0 Å². The van der Waals surface area contributed by atoms with E-state index in [9.17, 15) is 0 Å². The molecule has 17 aromatic carbocycles. The Hall–Kier alpha value is -13.4. The minimum Gasteiger partial charge on any atom is -0.457 e. The zero-order chi connectivity index (χ0) is 71.5. The fourth-order valence-corrected chi connectivity index (χ4v) is 20.8. The smallest absolute Gasteiger partial charge is 0.249 e. The number of hydrogen-bond donors (Lipinski definition) is 0. The molecule has 0 radical (unpaired) electrons. The van der Waals surface area contributed by atoms with Crippen LogP contribution in [0.3, 0.4) is 0 Å². The van der Waals surface area contributed by atoms with Crippen LogP contribution >= 0.6 is 11.8 Å². The highest BCUT2D eigenvalue weighted by molar-refractivity contribution is 8.00. The average Bonchev–Trinajstić information content (AvgIpc) is 1.58. The number of rotatable bonds is 8. The SMILES string of the molecule is c1ccc(-c2ccc3c(c2)B2c4cc(-c5ccccc5-c5ccccc5)ccc4Sc4cc(-c5ccccc5-c5ccccc5)cc(c42)N3c2c(-c3ccc4c(c3)C3(c5ccccc5O4)c4ccccc4-c4ccccc43)cccc2-c2ccc3c(c2)C2(c4ccccc4O3)c3ccccc3-c3ccccc32)cc1. The van der Waals surface area contributed by atoms with Crippen LogP contribution in [0.15, 0.2) is 398 Å². The summed E-state index contributed by atoms with van der Waals surface area (Å²) in [6.45, 7) is -0.194. The fraction of sp³-hybridized carbons (Fsp3) is 0.0192. The number of anilines is 3. The maximum Gasteiger partial charge on any atom is 0.249 e. The molecule has 0 amide bonds. The molecule has 0 fully saturated rings. The Bertz CT molecular complexity index is 6380. The first-order chi connectivity index (χ1) is 54.1. The Kier molecular flexibility index (Phi) is 13.6. The van der Waals surface area contributed by atoms with E-state index in [0.29, 0.717) is 0 Å². The van der Waals surface area contributed by atoms with Gasteiger partial charge in [-0.15, -0.1) is 0 Å². The summed E-state index contributed by atoms with van der Waals surface area (Å²) >= 11 is 1.90. The lowest BCUT2D eigenvalue weighted by atomic mass is 9.34. The molecule has 23 rings (SSSR count). The Morgan fingerprint density at radius 3 is 1.08 bits per heavy atom. The van der Waals surface area contributed by atoms with Crippen molar-refractivity contribution >= 4 is 51.9 Å². The molecule has 109 heavy (non-hydrogen) atoms. The normalized spacial score (nSPS) is 13.9. The van der Waals surface area contributed by atoms with Crippen molar-refractivity contribution in [2.45, 2.75) is 20.6 Å². The number of para-hydroxylation sites is 3. The van der Waals surface area contributed by atoms with Gasteiger partial charge in [-0.25, -0.2) is 0 Å². The van der Waals surface area contributed by atoms with E-state index in [0.717, 1.165) is 107 Å². The van der Waals surface area contributed by atoms with Crippen molar-refractivity contribution in [1.29, 1.82) is 0 Å². The van der Waals surface area contributed by atoms with Crippen LogP contribution in [0.4, 0.5) is 17.1 Å². The van der Waals surface area contributed by atoms with Gasteiger partial charge in [-0.3, -0.25) is 0 Å². The van der Waals surface area contributed by atoms with Crippen LogP contribution in [0.5, 0.6) is 23.0 Å². The van der Waals surface area contributed by atoms with Crippen LogP contribution in [0.25, 0.3) is 100 Å². The lowest BCUT2D eigenvalue weighted by Crippen LogP contribution is -2.60. The summed E-state index contributed by atoms with van der Waals surface area (Å²) in [6.07, 6.45) is 0. The number of fused-ring (bicyclic) bond motifs is 22. The molecule has 0 saturated heterocycles. The zero-order valence-electron chi connectivity index (χ0n) is 59.2. The molecule has 6 aliphatic rings. The second-order valence-corrected chi connectivity index (χ2v) is 30.6. The highest BCUT2D eigenvalue weighted by Crippen LogP contribution is 2.65. The molecule has 0 N–H and O–H groups in total. The van der Waals surface area contributed by atoms with Crippen LogP contribution in [-0.2, 0) is 10.8 Å². The fourth-order valence-electron chi connectivity index (χ4n) is 19.6. The predicted molar refractivity (Wildman–Crippen MR) is 449 cm³/mol. The Morgan fingerprint density at radius 2 is 0.587 bits per heavy atom. The molecule has 4 aliphatic heterocycles. The van der Waals surface area contributed by atoms with Crippen molar-refractivity contribution in [1.82, 2.24) is 0 Å². The molecule has 4 heterocycles. The van der Waals surface area contributed by atoms with E-state index >= 15 is 0 Å². The molecule has 3 nitrogen and oxygen atoms in total. The first kappa shape index (κ1) is 61.8. The van der Waals surface area contributed by atoms with Crippen LogP contribution < -0.4 is 30.8 Å². The standard InChI is InChI=1S/C104H64BNO2S/c1-4-27-65(28-5-1)68-51-55-93-91(61-68)105-92-62-71(75-35-12-10-33-73(75)66-29-6-2-7-30-66)54-58-99(92)109-100-64-72(76-36-13-11-34-74(76)67-31-8-3-9-32-67)63-94(101(100)105)106(93)102-77(69-52-56-97-89(59-69)103(87-47-22-24-49-95(87)107-97)83-43-18-14-37-79(83)80-38-15-19-44-84(80)103)41-26-42-78(102)70-53-57-98-90(60-70)104(88-48-23-25-50-96(88)108-98)85-45-20-16-39-81(85)82-40-17-21-46-86(82)104/h1-64H. The van der Waals surface area contributed by atoms with Gasteiger partial charge < -0.3 is 14.4 Å². The first-order valence-electron chi connectivity index (χ1n) is 37.7. The summed E-state index contributed by atoms with van der Waals surface area (Å²) < 4.78 is 14.5. The summed E-state index contributed by atoms with van der Waals surface area (Å²) in [5.41, 5.74) is 36.0. The first-order valence-corrected chi connectivity index (χ1v) is 38.5. The average molecular weight is 1400 g/mol. The van der Waals surface area contributed by atoms with E-state index in [2.05, 4.69) is 393 Å².